The Morgan fingerprint density at radius 2 is 1.62 bits per heavy atom. The lowest BCUT2D eigenvalue weighted by Gasteiger charge is -1.99. The van der Waals surface area contributed by atoms with Crippen molar-refractivity contribution in [1.29, 1.82) is 0 Å². The Bertz CT molecular complexity index is 491. The van der Waals surface area contributed by atoms with Crippen molar-refractivity contribution in [1.82, 2.24) is 0 Å². The molecule has 0 spiro atoms. The molecular weight excluding hydrogens is 247 g/mol. The highest BCUT2D eigenvalue weighted by molar-refractivity contribution is 7.12. The van der Waals surface area contributed by atoms with Gasteiger partial charge in [-0.1, -0.05) is 0 Å². The van der Waals surface area contributed by atoms with Gasteiger partial charge in [-0.15, -0.1) is 22.7 Å². The van der Waals surface area contributed by atoms with Crippen molar-refractivity contribution >= 4 is 34.2 Å². The van der Waals surface area contributed by atoms with E-state index in [1.165, 1.54) is 22.8 Å². The fourth-order valence-corrected chi connectivity index (χ4v) is 2.77. The number of aliphatic hydroxyl groups excluding tert-OH is 2. The Hall–Kier alpha value is -1.33. The van der Waals surface area contributed by atoms with Gasteiger partial charge in [-0.25, -0.2) is 4.39 Å². The lowest BCUT2D eigenvalue weighted by atomic mass is 10.2. The van der Waals surface area contributed by atoms with E-state index in [2.05, 4.69) is 0 Å². The molecule has 0 unspecified atom stereocenters. The van der Waals surface area contributed by atoms with Gasteiger partial charge in [-0.3, -0.25) is 0 Å². The van der Waals surface area contributed by atoms with E-state index in [4.69, 9.17) is 0 Å². The van der Waals surface area contributed by atoms with Crippen LogP contribution in [-0.2, 0) is 0 Å². The van der Waals surface area contributed by atoms with E-state index in [1.807, 2.05) is 12.3 Å². The zero-order valence-corrected chi connectivity index (χ0v) is 10.0. The predicted molar refractivity (Wildman–Crippen MR) is 65.4 cm³/mol. The van der Waals surface area contributed by atoms with Crippen molar-refractivity contribution < 1.29 is 14.6 Å². The lowest BCUT2D eigenvalue weighted by molar-refractivity contribution is 0.462. The number of aryl methyl sites for hydroxylation is 1. The number of rotatable bonds is 2. The average Bonchev–Trinajstić information content (AvgIpc) is 2.85. The minimum absolute atomic E-state index is 0.208. The third-order valence-corrected chi connectivity index (χ3v) is 3.95. The van der Waals surface area contributed by atoms with Gasteiger partial charge in [0.05, 0.1) is 9.75 Å². The number of hydrogen-bond donors (Lipinski definition) is 2. The summed E-state index contributed by atoms with van der Waals surface area (Å²) in [6.07, 6.45) is 0. The summed E-state index contributed by atoms with van der Waals surface area (Å²) in [6, 6.07) is 2.96. The Morgan fingerprint density at radius 1 is 1.06 bits per heavy atom. The molecule has 2 rings (SSSR count). The van der Waals surface area contributed by atoms with E-state index in [-0.39, 0.29) is 11.5 Å². The molecule has 0 aliphatic heterocycles. The Kier molecular flexibility index (Phi) is 2.98. The third kappa shape index (κ3) is 2.10. The first kappa shape index (κ1) is 11.2. The van der Waals surface area contributed by atoms with Gasteiger partial charge in [0.2, 0.25) is 0 Å². The first-order valence-corrected chi connectivity index (χ1v) is 6.26. The summed E-state index contributed by atoms with van der Waals surface area (Å²) >= 11 is 2.38. The van der Waals surface area contributed by atoms with Crippen LogP contribution in [0.25, 0.3) is 11.5 Å². The fourth-order valence-electron chi connectivity index (χ4n) is 1.23. The molecule has 0 atom stereocenters. The summed E-state index contributed by atoms with van der Waals surface area (Å²) < 4.78 is 12.8. The van der Waals surface area contributed by atoms with Crippen LogP contribution < -0.4 is 0 Å². The van der Waals surface area contributed by atoms with Crippen LogP contribution in [0.3, 0.4) is 0 Å². The molecule has 16 heavy (non-hydrogen) atoms. The van der Waals surface area contributed by atoms with Crippen molar-refractivity contribution in [2.75, 3.05) is 0 Å². The predicted octanol–water partition coefficient (Wildman–Crippen LogP) is 4.20. The van der Waals surface area contributed by atoms with E-state index in [1.54, 1.807) is 6.07 Å². The molecule has 2 aromatic heterocycles. The smallest absolute Gasteiger partial charge is 0.176 e. The second-order valence-electron chi connectivity index (χ2n) is 3.31. The van der Waals surface area contributed by atoms with Gasteiger partial charge < -0.3 is 10.2 Å². The van der Waals surface area contributed by atoms with Crippen LogP contribution in [0.15, 0.2) is 22.9 Å². The molecule has 0 bridgehead atoms. The molecule has 0 aromatic carbocycles. The van der Waals surface area contributed by atoms with E-state index < -0.39 is 5.82 Å². The van der Waals surface area contributed by atoms with Gasteiger partial charge >= 0.3 is 0 Å². The van der Waals surface area contributed by atoms with Crippen molar-refractivity contribution in [3.8, 4) is 0 Å². The Morgan fingerprint density at radius 3 is 2.06 bits per heavy atom. The van der Waals surface area contributed by atoms with E-state index in [9.17, 15) is 14.6 Å². The zero-order chi connectivity index (χ0) is 11.7. The maximum absolute atomic E-state index is 12.8. The maximum Gasteiger partial charge on any atom is 0.176 e. The van der Waals surface area contributed by atoms with Crippen molar-refractivity contribution in [2.45, 2.75) is 6.92 Å². The van der Waals surface area contributed by atoms with Crippen LogP contribution in [0.2, 0.25) is 0 Å². The van der Waals surface area contributed by atoms with Gasteiger partial charge in [0.15, 0.2) is 11.5 Å². The number of hydrogen-bond acceptors (Lipinski definition) is 4. The summed E-state index contributed by atoms with van der Waals surface area (Å²) in [7, 11) is 0. The van der Waals surface area contributed by atoms with Gasteiger partial charge in [0.1, 0.15) is 5.82 Å². The second kappa shape index (κ2) is 4.27. The summed E-state index contributed by atoms with van der Waals surface area (Å²) in [4.78, 5) is 0.893. The Balaban J connectivity index is 2.41. The van der Waals surface area contributed by atoms with Gasteiger partial charge in [-0.05, 0) is 30.0 Å². The summed E-state index contributed by atoms with van der Waals surface area (Å²) in [6.45, 7) is 1.90. The summed E-state index contributed by atoms with van der Waals surface area (Å²) in [5, 5.41) is 22.7. The van der Waals surface area contributed by atoms with Gasteiger partial charge in [0, 0.05) is 5.38 Å². The van der Waals surface area contributed by atoms with Crippen LogP contribution in [0.5, 0.6) is 0 Å². The molecule has 0 amide bonds. The highest BCUT2D eigenvalue weighted by atomic mass is 32.1. The molecule has 0 saturated heterocycles. The molecule has 84 valence electrons. The quantitative estimate of drug-likeness (QED) is 0.791. The first-order valence-electron chi connectivity index (χ1n) is 4.50. The van der Waals surface area contributed by atoms with Crippen molar-refractivity contribution in [2.24, 2.45) is 0 Å². The van der Waals surface area contributed by atoms with E-state index >= 15 is 0 Å². The minimum atomic E-state index is -0.415. The average molecular weight is 256 g/mol. The van der Waals surface area contributed by atoms with Crippen LogP contribution in [-0.4, -0.2) is 10.2 Å². The number of aliphatic hydroxyl groups is 2. The highest BCUT2D eigenvalue weighted by Gasteiger charge is 2.13. The van der Waals surface area contributed by atoms with Crippen LogP contribution in [0, 0.1) is 12.7 Å². The molecule has 2 nitrogen and oxygen atoms in total. The molecule has 2 heterocycles. The standard InChI is InChI=1S/C11H9FO2S2/c1-6-2-8(15-4-6)10(13)11(14)9-3-7(12)5-16-9/h2-5,13-14H,1H3/b11-10+. The van der Waals surface area contributed by atoms with E-state index in [0.717, 1.165) is 16.9 Å². The SMILES string of the molecule is Cc1csc(/C(O)=C(\O)c2cc(F)cs2)c1. The van der Waals surface area contributed by atoms with E-state index in [0.29, 0.717) is 9.75 Å². The monoisotopic (exact) mass is 256 g/mol. The number of thiophene rings is 2. The molecule has 0 saturated carbocycles. The lowest BCUT2D eigenvalue weighted by Crippen LogP contribution is -1.85. The first-order chi connectivity index (χ1) is 7.58. The molecule has 0 aliphatic carbocycles. The third-order valence-electron chi connectivity index (χ3n) is 1.99. The topological polar surface area (TPSA) is 40.5 Å². The largest absolute Gasteiger partial charge is 0.503 e. The van der Waals surface area contributed by atoms with Gasteiger partial charge in [-0.2, -0.15) is 0 Å². The second-order valence-corrected chi connectivity index (χ2v) is 5.14. The summed E-state index contributed by atoms with van der Waals surface area (Å²) in [5.41, 5.74) is 1.01. The van der Waals surface area contributed by atoms with Crippen molar-refractivity contribution in [3.05, 3.63) is 44.0 Å². The van der Waals surface area contributed by atoms with Crippen LogP contribution in [0.4, 0.5) is 4.39 Å². The van der Waals surface area contributed by atoms with Crippen molar-refractivity contribution in [3.63, 3.8) is 0 Å². The fraction of sp³-hybridized carbons (Fsp3) is 0.0909. The molecule has 5 heteroatoms. The molecule has 0 fully saturated rings. The molecule has 0 aliphatic rings. The molecular formula is C11H9FO2S2. The molecule has 2 aromatic rings. The molecule has 0 radical (unpaired) electrons. The zero-order valence-electron chi connectivity index (χ0n) is 8.40. The Labute approximate surface area is 99.9 Å². The maximum atomic E-state index is 12.8. The number of halogens is 1. The van der Waals surface area contributed by atoms with Gasteiger partial charge in [0.25, 0.3) is 0 Å². The minimum Gasteiger partial charge on any atom is -0.503 e. The van der Waals surface area contributed by atoms with Crippen LogP contribution >= 0.6 is 22.7 Å². The van der Waals surface area contributed by atoms with Crippen LogP contribution in [0.1, 0.15) is 15.3 Å². The molecule has 2 N–H and O–H groups in total. The normalized spacial score (nSPS) is 12.6. The summed E-state index contributed by atoms with van der Waals surface area (Å²) in [5.74, 6) is -0.905. The highest BCUT2D eigenvalue weighted by Crippen LogP contribution is 2.29.